The van der Waals surface area contributed by atoms with Crippen molar-refractivity contribution in [2.24, 2.45) is 11.8 Å². The number of alkyl halides is 3. The minimum absolute atomic E-state index is 0.0209. The van der Waals surface area contributed by atoms with Gasteiger partial charge in [0.15, 0.2) is 0 Å². The van der Waals surface area contributed by atoms with Crippen LogP contribution in [-0.4, -0.2) is 105 Å². The molecular weight excluding hydrogens is 663 g/mol. The van der Waals surface area contributed by atoms with Gasteiger partial charge in [-0.15, -0.1) is 0 Å². The zero-order chi connectivity index (χ0) is 36.3. The van der Waals surface area contributed by atoms with Crippen molar-refractivity contribution in [2.75, 3.05) is 65.1 Å². The average Bonchev–Trinajstić information content (AvgIpc) is 3.77. The van der Waals surface area contributed by atoms with E-state index in [0.29, 0.717) is 76.5 Å². The second kappa shape index (κ2) is 16.1. The van der Waals surface area contributed by atoms with Gasteiger partial charge < -0.3 is 29.1 Å². The van der Waals surface area contributed by atoms with Gasteiger partial charge in [0.25, 0.3) is 0 Å². The molecule has 3 aliphatic heterocycles. The zero-order valence-electron chi connectivity index (χ0n) is 29.9. The summed E-state index contributed by atoms with van der Waals surface area (Å²) in [5.74, 6) is -1.08. The molecule has 1 saturated carbocycles. The predicted octanol–water partition coefficient (Wildman–Crippen LogP) is 6.41. The second-order valence-electron chi connectivity index (χ2n) is 14.7. The molecule has 4 fully saturated rings. The van der Waals surface area contributed by atoms with Gasteiger partial charge in [0, 0.05) is 70.0 Å². The van der Waals surface area contributed by atoms with Crippen LogP contribution in [-0.2, 0) is 25.2 Å². The minimum Gasteiger partial charge on any atom is -0.497 e. The van der Waals surface area contributed by atoms with E-state index in [2.05, 4.69) is 17.0 Å². The van der Waals surface area contributed by atoms with Crippen LogP contribution in [0.4, 0.5) is 18.9 Å². The first-order valence-electron chi connectivity index (χ1n) is 18.5. The molecule has 0 aromatic heterocycles. The van der Waals surface area contributed by atoms with Crippen LogP contribution in [0.2, 0.25) is 0 Å². The molecule has 0 radical (unpaired) electrons. The first-order valence-corrected chi connectivity index (χ1v) is 18.5. The predicted molar refractivity (Wildman–Crippen MR) is 187 cm³/mol. The highest BCUT2D eigenvalue weighted by atomic mass is 19.4. The van der Waals surface area contributed by atoms with E-state index in [1.165, 1.54) is 6.07 Å². The first-order chi connectivity index (χ1) is 24.5. The number of aliphatic carboxylic acids is 1. The van der Waals surface area contributed by atoms with Gasteiger partial charge in [-0.1, -0.05) is 18.2 Å². The van der Waals surface area contributed by atoms with E-state index in [4.69, 9.17) is 14.2 Å². The number of rotatable bonds is 11. The fraction of sp³-hybridized carbons (Fsp3) is 0.641. The fourth-order valence-electron chi connectivity index (χ4n) is 9.07. The van der Waals surface area contributed by atoms with Gasteiger partial charge in [-0.2, -0.15) is 13.2 Å². The zero-order valence-corrected chi connectivity index (χ0v) is 29.9. The fourth-order valence-corrected chi connectivity index (χ4v) is 9.07. The number of anilines is 1. The van der Waals surface area contributed by atoms with E-state index in [-0.39, 0.29) is 29.7 Å². The minimum atomic E-state index is -4.52. The highest BCUT2D eigenvalue weighted by Crippen LogP contribution is 2.44. The van der Waals surface area contributed by atoms with E-state index in [1.54, 1.807) is 20.3 Å². The van der Waals surface area contributed by atoms with Crippen molar-refractivity contribution in [3.8, 4) is 5.75 Å². The maximum absolute atomic E-state index is 14.8. The number of halogens is 3. The number of carboxylic acids is 1. The van der Waals surface area contributed by atoms with Crippen molar-refractivity contribution in [3.63, 3.8) is 0 Å². The lowest BCUT2D eigenvalue weighted by atomic mass is 9.87. The Labute approximate surface area is 299 Å². The molecule has 9 nitrogen and oxygen atoms in total. The molecule has 6 rings (SSSR count). The van der Waals surface area contributed by atoms with E-state index < -0.39 is 23.6 Å². The number of hydrogen-bond acceptors (Lipinski definition) is 7. The largest absolute Gasteiger partial charge is 0.497 e. The van der Waals surface area contributed by atoms with Gasteiger partial charge in [-0.05, 0) is 87.3 Å². The van der Waals surface area contributed by atoms with Crippen molar-refractivity contribution in [2.45, 2.75) is 88.1 Å². The van der Waals surface area contributed by atoms with Crippen molar-refractivity contribution in [1.82, 2.24) is 9.80 Å². The number of piperidine rings is 1. The Bertz CT molecular complexity index is 1490. The molecule has 51 heavy (non-hydrogen) atoms. The topological polar surface area (TPSA) is 91.8 Å². The Hall–Kier alpha value is -3.35. The highest BCUT2D eigenvalue weighted by Gasteiger charge is 2.47. The van der Waals surface area contributed by atoms with E-state index in [0.717, 1.165) is 55.2 Å². The van der Waals surface area contributed by atoms with Crippen molar-refractivity contribution < 1.29 is 42.1 Å². The normalized spacial score (nSPS) is 28.0. The molecule has 1 aliphatic carbocycles. The van der Waals surface area contributed by atoms with Crippen LogP contribution >= 0.6 is 0 Å². The van der Waals surface area contributed by atoms with Crippen LogP contribution < -0.4 is 9.64 Å². The number of nitrogens with zero attached hydrogens (tertiary/aromatic N) is 3. The van der Waals surface area contributed by atoms with E-state index in [1.807, 2.05) is 28.9 Å². The summed E-state index contributed by atoms with van der Waals surface area (Å²) >= 11 is 0. The number of carbonyl (C=O) groups excluding carboxylic acids is 1. The molecule has 0 unspecified atom stereocenters. The SMILES string of the molecule is CCO[C@H]1CC[C@H](N2C[C@@H](C(=O)N3C[C@H](c4ccc(C(F)(F)F)cc4N4CCC(C(=O)O)CC4)C[C@H]3COC)[C@H](c3ccc(OC)cc3)C2)CC1. The number of likely N-dealkylation sites (tertiary alicyclic amines) is 2. The molecule has 280 valence electrons. The van der Waals surface area contributed by atoms with Crippen molar-refractivity contribution in [1.29, 1.82) is 0 Å². The van der Waals surface area contributed by atoms with Crippen LogP contribution in [0, 0.1) is 11.8 Å². The van der Waals surface area contributed by atoms with E-state index >= 15 is 0 Å². The molecule has 4 atom stereocenters. The molecule has 1 amide bonds. The van der Waals surface area contributed by atoms with Crippen LogP contribution in [0.5, 0.6) is 5.75 Å². The number of ether oxygens (including phenoxy) is 3. The van der Waals surface area contributed by atoms with Crippen LogP contribution in [0.1, 0.15) is 80.4 Å². The summed E-state index contributed by atoms with van der Waals surface area (Å²) in [7, 11) is 3.25. The van der Waals surface area contributed by atoms with Gasteiger partial charge in [-0.3, -0.25) is 14.5 Å². The number of hydrogen-bond donors (Lipinski definition) is 1. The maximum atomic E-state index is 14.8. The quantitative estimate of drug-likeness (QED) is 0.286. The summed E-state index contributed by atoms with van der Waals surface area (Å²) in [4.78, 5) is 32.8. The molecule has 2 aromatic rings. The second-order valence-corrected chi connectivity index (χ2v) is 14.7. The summed E-state index contributed by atoms with van der Waals surface area (Å²) in [5, 5.41) is 9.53. The molecule has 1 N–H and O–H groups in total. The third-order valence-corrected chi connectivity index (χ3v) is 11.8. The molecule has 12 heteroatoms. The molecule has 3 saturated heterocycles. The monoisotopic (exact) mass is 715 g/mol. The summed E-state index contributed by atoms with van der Waals surface area (Å²) in [6.45, 7) is 5.58. The lowest BCUT2D eigenvalue weighted by Crippen LogP contribution is -2.44. The van der Waals surface area contributed by atoms with Gasteiger partial charge in [0.2, 0.25) is 5.91 Å². The molecule has 4 aliphatic rings. The Morgan fingerprint density at radius 3 is 2.24 bits per heavy atom. The van der Waals surface area contributed by atoms with Crippen LogP contribution in [0.3, 0.4) is 0 Å². The Balaban J connectivity index is 1.27. The molecule has 0 spiro atoms. The number of carboxylic acid groups (broad SMARTS) is 1. The first kappa shape index (κ1) is 37.4. The van der Waals surface area contributed by atoms with Gasteiger partial charge in [0.1, 0.15) is 5.75 Å². The highest BCUT2D eigenvalue weighted by molar-refractivity contribution is 5.82. The van der Waals surface area contributed by atoms with Gasteiger partial charge >= 0.3 is 12.1 Å². The van der Waals surface area contributed by atoms with E-state index in [9.17, 15) is 27.9 Å². The number of amides is 1. The third kappa shape index (κ3) is 8.33. The standard InChI is InChI=1S/C39H52F3N3O6/c1-4-51-32-12-8-29(9-13-32)44-22-34(25-5-10-31(50-3)11-6-25)35(23-44)37(46)45-21-27(19-30(45)24-49-2)33-14-7-28(39(40,41)42)20-36(33)43-17-15-26(16-18-43)38(47)48/h5-7,10-11,14,20,26-27,29-30,32,34-35H,4,8-9,12-13,15-19,21-24H2,1-3H3,(H,47,48)/t27-,29-,30+,32-,34+,35-/m1/s1. The Kier molecular flexibility index (Phi) is 11.8. The molecule has 0 bridgehead atoms. The molecular formula is C39H52F3N3O6. The summed E-state index contributed by atoms with van der Waals surface area (Å²) in [6.07, 6.45) is 1.14. The van der Waals surface area contributed by atoms with Crippen LogP contribution in [0.15, 0.2) is 42.5 Å². The summed E-state index contributed by atoms with van der Waals surface area (Å²) in [6, 6.07) is 12.1. The lowest BCUT2D eigenvalue weighted by molar-refractivity contribution is -0.142. The third-order valence-electron chi connectivity index (χ3n) is 11.8. The van der Waals surface area contributed by atoms with Crippen molar-refractivity contribution >= 4 is 17.6 Å². The van der Waals surface area contributed by atoms with Crippen molar-refractivity contribution in [3.05, 3.63) is 59.2 Å². The number of carbonyl (C=O) groups is 2. The molecule has 2 aromatic carbocycles. The Morgan fingerprint density at radius 2 is 1.63 bits per heavy atom. The average molecular weight is 716 g/mol. The maximum Gasteiger partial charge on any atom is 0.416 e. The van der Waals surface area contributed by atoms with Gasteiger partial charge in [-0.25, -0.2) is 0 Å². The number of benzene rings is 2. The van der Waals surface area contributed by atoms with Crippen LogP contribution in [0.25, 0.3) is 0 Å². The summed E-state index contributed by atoms with van der Waals surface area (Å²) in [5.41, 5.74) is 1.60. The number of methoxy groups -OCH3 is 2. The van der Waals surface area contributed by atoms with Gasteiger partial charge in [0.05, 0.1) is 43.3 Å². The smallest absolute Gasteiger partial charge is 0.416 e. The molecule has 3 heterocycles. The Morgan fingerprint density at radius 1 is 0.922 bits per heavy atom. The lowest BCUT2D eigenvalue weighted by Gasteiger charge is -2.35. The summed E-state index contributed by atoms with van der Waals surface area (Å²) < 4.78 is 58.9.